The smallest absolute Gasteiger partial charge is 0.311 e. The van der Waals surface area contributed by atoms with E-state index >= 15 is 0 Å². The lowest BCUT2D eigenvalue weighted by Crippen LogP contribution is -2.66. The average Bonchev–Trinajstić information content (AvgIpc) is 3.67. The number of rotatable bonds is 6. The van der Waals surface area contributed by atoms with Gasteiger partial charge in [-0.25, -0.2) is 0 Å². The molecular formula is C34H49ClO10. The van der Waals surface area contributed by atoms with Crippen molar-refractivity contribution in [1.82, 2.24) is 0 Å². The van der Waals surface area contributed by atoms with E-state index in [9.17, 15) is 20.1 Å². The Morgan fingerprint density at radius 1 is 1.13 bits per heavy atom. The molecule has 1 aliphatic carbocycles. The summed E-state index contributed by atoms with van der Waals surface area (Å²) >= 11 is 5.99. The molecule has 2 saturated heterocycles. The van der Waals surface area contributed by atoms with Crippen molar-refractivity contribution in [2.45, 2.75) is 126 Å². The van der Waals surface area contributed by atoms with Crippen LogP contribution in [0.4, 0.5) is 0 Å². The summed E-state index contributed by atoms with van der Waals surface area (Å²) in [5, 5.41) is 33.6. The van der Waals surface area contributed by atoms with Crippen molar-refractivity contribution in [2.75, 3.05) is 14.2 Å². The van der Waals surface area contributed by atoms with E-state index in [0.717, 1.165) is 12.0 Å². The van der Waals surface area contributed by atoms with Crippen LogP contribution in [-0.4, -0.2) is 101 Å². The summed E-state index contributed by atoms with van der Waals surface area (Å²) < 4.78 is 35.9. The van der Waals surface area contributed by atoms with Gasteiger partial charge in [-0.2, -0.15) is 0 Å². The van der Waals surface area contributed by atoms with Gasteiger partial charge in [0.15, 0.2) is 12.1 Å². The minimum Gasteiger partial charge on any atom is -0.458 e. The Morgan fingerprint density at radius 2 is 1.84 bits per heavy atom. The molecule has 4 rings (SSSR count). The summed E-state index contributed by atoms with van der Waals surface area (Å²) in [6, 6.07) is 0. The van der Waals surface area contributed by atoms with E-state index in [1.165, 1.54) is 14.0 Å². The van der Waals surface area contributed by atoms with Gasteiger partial charge in [0.25, 0.3) is 0 Å². The number of methoxy groups -OCH3 is 2. The SMILES string of the molecule is CO[C@@H]1[C@H](O[C@H]2C[C@@]3(O)CC(=O)O[C@@H](/C=C/C=C/C#C[C@H]4C[C@@H]4Cl)C/C(C)=C/[C@@H](OC)[C@@H](C)[C@@H](O3)[C@H]2C)O[C@H](C)[C@@H](O)[C@]1(C)O. The number of ether oxygens (including phenoxy) is 6. The number of aliphatic hydroxyl groups excluding tert-OH is 1. The van der Waals surface area contributed by atoms with Crippen molar-refractivity contribution in [3.05, 3.63) is 36.0 Å². The van der Waals surface area contributed by atoms with Crippen LogP contribution in [0, 0.1) is 29.6 Å². The first-order valence-corrected chi connectivity index (χ1v) is 16.1. The van der Waals surface area contributed by atoms with Crippen molar-refractivity contribution >= 4 is 17.6 Å². The molecule has 3 aliphatic heterocycles. The average molecular weight is 653 g/mol. The third-order valence-corrected chi connectivity index (χ3v) is 9.82. The molecule has 14 atom stereocenters. The summed E-state index contributed by atoms with van der Waals surface area (Å²) in [4.78, 5) is 13.3. The molecule has 252 valence electrons. The van der Waals surface area contributed by atoms with E-state index in [1.807, 2.05) is 26.8 Å². The first-order valence-electron chi connectivity index (χ1n) is 15.7. The number of hydrogen-bond acceptors (Lipinski definition) is 10. The molecule has 0 amide bonds. The van der Waals surface area contributed by atoms with Crippen molar-refractivity contribution in [3.8, 4) is 11.8 Å². The lowest BCUT2D eigenvalue weighted by molar-refractivity contribution is -0.362. The summed E-state index contributed by atoms with van der Waals surface area (Å²) in [6.45, 7) is 8.98. The lowest BCUT2D eigenvalue weighted by atomic mass is 9.79. The monoisotopic (exact) mass is 652 g/mol. The Kier molecular flexibility index (Phi) is 12.0. The molecular weight excluding hydrogens is 604 g/mol. The maximum Gasteiger partial charge on any atom is 0.311 e. The van der Waals surface area contributed by atoms with Gasteiger partial charge in [0.1, 0.15) is 23.9 Å². The first kappa shape index (κ1) is 36.1. The van der Waals surface area contributed by atoms with Gasteiger partial charge in [0.05, 0.1) is 30.8 Å². The van der Waals surface area contributed by atoms with Gasteiger partial charge in [-0.05, 0) is 39.3 Å². The predicted octanol–water partition coefficient (Wildman–Crippen LogP) is 3.40. The number of aliphatic hydroxyl groups is 3. The van der Waals surface area contributed by atoms with Crippen LogP contribution >= 0.6 is 11.6 Å². The number of esters is 1. The van der Waals surface area contributed by atoms with E-state index in [0.29, 0.717) is 6.42 Å². The lowest BCUT2D eigenvalue weighted by Gasteiger charge is -2.51. The molecule has 4 aliphatic rings. The van der Waals surface area contributed by atoms with E-state index in [-0.39, 0.29) is 35.7 Å². The van der Waals surface area contributed by atoms with Crippen molar-refractivity contribution in [3.63, 3.8) is 0 Å². The van der Waals surface area contributed by atoms with Gasteiger partial charge in [-0.15, -0.1) is 11.6 Å². The third-order valence-electron chi connectivity index (χ3n) is 9.34. The number of fused-ring (bicyclic) bond motifs is 2. The fraction of sp³-hybridized carbons (Fsp3) is 0.735. The maximum atomic E-state index is 13.3. The normalized spacial score (nSPS) is 47.2. The fourth-order valence-electron chi connectivity index (χ4n) is 6.53. The Bertz CT molecular complexity index is 1190. The highest BCUT2D eigenvalue weighted by molar-refractivity contribution is 6.22. The van der Waals surface area contributed by atoms with E-state index in [4.69, 9.17) is 40.0 Å². The molecule has 2 bridgehead atoms. The zero-order chi connectivity index (χ0) is 33.1. The van der Waals surface area contributed by atoms with Crippen LogP contribution in [0.1, 0.15) is 60.3 Å². The van der Waals surface area contributed by atoms with E-state index < -0.39 is 66.7 Å². The van der Waals surface area contributed by atoms with Crippen LogP contribution in [0.3, 0.4) is 0 Å². The second-order valence-electron chi connectivity index (χ2n) is 13.2. The van der Waals surface area contributed by atoms with Gasteiger partial charge in [0.2, 0.25) is 0 Å². The topological polar surface area (TPSA) is 133 Å². The zero-order valence-electron chi connectivity index (χ0n) is 27.2. The van der Waals surface area contributed by atoms with E-state index in [2.05, 4.69) is 11.8 Å². The molecule has 3 heterocycles. The van der Waals surface area contributed by atoms with Gasteiger partial charge < -0.3 is 43.7 Å². The summed E-state index contributed by atoms with van der Waals surface area (Å²) in [7, 11) is 3.02. The standard InChI is InChI=1S/C34H49ClO10/c1-19-14-24(13-11-9-8-10-12-23-16-25(23)35)43-28(36)18-34(39)17-27(21(3)29(45-34)20(2)26(15-19)40-6)44-32-31(41-7)33(5,38)30(37)22(4)42-32/h8-9,11,13,15,20-27,29-32,37-39H,14,16-18H2,1-7H3/b9-8+,13-11+,19-15+/t20-,21+,22-,23+,24+,25+,26-,27+,29-,30-,31-,32+,33+,34+/m1/s1. The maximum absolute atomic E-state index is 13.3. The second-order valence-corrected chi connectivity index (χ2v) is 13.7. The molecule has 0 spiro atoms. The fourth-order valence-corrected chi connectivity index (χ4v) is 6.78. The number of carbonyl (C=O) groups is 1. The van der Waals surface area contributed by atoms with Gasteiger partial charge in [-0.1, -0.05) is 49.5 Å². The molecule has 11 heteroatoms. The highest BCUT2D eigenvalue weighted by atomic mass is 35.5. The number of hydrogen-bond donors (Lipinski definition) is 3. The summed E-state index contributed by atoms with van der Waals surface area (Å²) in [6.07, 6.45) is 3.64. The number of alkyl halides is 1. The quantitative estimate of drug-likeness (QED) is 0.129. The Balaban J connectivity index is 1.58. The number of allylic oxidation sites excluding steroid dienone is 3. The van der Waals surface area contributed by atoms with Crippen LogP contribution in [0.25, 0.3) is 0 Å². The molecule has 10 nitrogen and oxygen atoms in total. The largest absolute Gasteiger partial charge is 0.458 e. The van der Waals surface area contributed by atoms with Crippen LogP contribution < -0.4 is 0 Å². The molecule has 0 unspecified atom stereocenters. The summed E-state index contributed by atoms with van der Waals surface area (Å²) in [5.41, 5.74) is -0.699. The zero-order valence-corrected chi connectivity index (χ0v) is 28.0. The van der Waals surface area contributed by atoms with Gasteiger partial charge in [0, 0.05) is 50.2 Å². The highest BCUT2D eigenvalue weighted by Crippen LogP contribution is 2.42. The van der Waals surface area contributed by atoms with Gasteiger partial charge in [-0.3, -0.25) is 4.79 Å². The molecule has 1 saturated carbocycles. The van der Waals surface area contributed by atoms with E-state index in [1.54, 1.807) is 38.3 Å². The molecule has 0 aromatic heterocycles. The molecule has 3 fully saturated rings. The van der Waals surface area contributed by atoms with Crippen LogP contribution in [-0.2, 0) is 33.2 Å². The first-order chi connectivity index (χ1) is 21.2. The minimum atomic E-state index is -1.92. The third kappa shape index (κ3) is 8.78. The molecule has 0 aromatic carbocycles. The number of halogens is 1. The minimum absolute atomic E-state index is 0.0690. The molecule has 0 radical (unpaired) electrons. The number of carbonyl (C=O) groups excluding carboxylic acids is 1. The van der Waals surface area contributed by atoms with Crippen molar-refractivity contribution in [1.29, 1.82) is 0 Å². The number of cyclic esters (lactones) is 1. The Labute approximate surface area is 271 Å². The molecule has 0 aromatic rings. The van der Waals surface area contributed by atoms with Crippen molar-refractivity contribution in [2.24, 2.45) is 17.8 Å². The van der Waals surface area contributed by atoms with Crippen molar-refractivity contribution < 1.29 is 48.5 Å². The predicted molar refractivity (Wildman–Crippen MR) is 167 cm³/mol. The van der Waals surface area contributed by atoms with Gasteiger partial charge >= 0.3 is 5.97 Å². The van der Waals surface area contributed by atoms with Crippen LogP contribution in [0.5, 0.6) is 0 Å². The van der Waals surface area contributed by atoms with Crippen LogP contribution in [0.15, 0.2) is 36.0 Å². The Hall–Kier alpha value is -1.78. The second kappa shape index (κ2) is 15.0. The highest BCUT2D eigenvalue weighted by Gasteiger charge is 2.55. The Morgan fingerprint density at radius 3 is 2.49 bits per heavy atom. The van der Waals surface area contributed by atoms with Crippen LogP contribution in [0.2, 0.25) is 0 Å². The summed E-state index contributed by atoms with van der Waals surface area (Å²) in [5.74, 6) is 3.23. The molecule has 3 N–H and O–H groups in total. The molecule has 45 heavy (non-hydrogen) atoms.